The Kier molecular flexibility index (Phi) is 6.31. The van der Waals surface area contributed by atoms with Crippen molar-refractivity contribution in [1.82, 2.24) is 10.2 Å². The number of hydrogen-bond acceptors (Lipinski definition) is 3. The van der Waals surface area contributed by atoms with Gasteiger partial charge in [-0.2, -0.15) is 0 Å². The van der Waals surface area contributed by atoms with Crippen LogP contribution in [0.1, 0.15) is 59.3 Å². The van der Waals surface area contributed by atoms with Crippen LogP contribution in [0.15, 0.2) is 0 Å². The third kappa shape index (κ3) is 4.19. The Morgan fingerprint density at radius 2 is 1.80 bits per heavy atom. The first-order valence-electron chi connectivity index (χ1n) is 8.70. The Morgan fingerprint density at radius 3 is 2.40 bits per heavy atom. The molecule has 0 aliphatic carbocycles. The number of ether oxygens (including phenoxy) is 1. The molecule has 0 radical (unpaired) electrons. The van der Waals surface area contributed by atoms with E-state index in [0.29, 0.717) is 6.04 Å². The zero-order chi connectivity index (χ0) is 14.4. The summed E-state index contributed by atoms with van der Waals surface area (Å²) in [5.74, 6) is 0.844. The summed E-state index contributed by atoms with van der Waals surface area (Å²) in [4.78, 5) is 2.73. The molecule has 2 aliphatic rings. The molecule has 0 aromatic rings. The van der Waals surface area contributed by atoms with Crippen LogP contribution in [0.4, 0.5) is 0 Å². The minimum Gasteiger partial charge on any atom is -0.381 e. The minimum atomic E-state index is 0.273. The van der Waals surface area contributed by atoms with E-state index in [4.69, 9.17) is 4.74 Å². The van der Waals surface area contributed by atoms with E-state index in [0.717, 1.165) is 25.7 Å². The van der Waals surface area contributed by atoms with Gasteiger partial charge in [-0.15, -0.1) is 0 Å². The van der Waals surface area contributed by atoms with Crippen molar-refractivity contribution in [2.24, 2.45) is 5.92 Å². The number of piperidine rings is 1. The van der Waals surface area contributed by atoms with Gasteiger partial charge < -0.3 is 10.1 Å². The first-order chi connectivity index (χ1) is 9.64. The molecular formula is C17H34N2O. The molecule has 0 saturated carbocycles. The normalized spacial score (nSPS) is 24.8. The van der Waals surface area contributed by atoms with Gasteiger partial charge in [-0.3, -0.25) is 4.90 Å². The fourth-order valence-corrected chi connectivity index (χ4v) is 3.87. The molecule has 2 rings (SSSR count). The van der Waals surface area contributed by atoms with Crippen LogP contribution in [0, 0.1) is 5.92 Å². The highest BCUT2D eigenvalue weighted by Gasteiger charge is 2.36. The van der Waals surface area contributed by atoms with E-state index in [1.165, 1.54) is 51.6 Å². The standard InChI is InChI=1S/C17H34N2O/c1-4-18-16(14-15-8-12-20-13-9-15)17(2,3)19-10-6-5-7-11-19/h15-16,18H,4-14H2,1-3H3. The van der Waals surface area contributed by atoms with Crippen molar-refractivity contribution >= 4 is 0 Å². The lowest BCUT2D eigenvalue weighted by molar-refractivity contribution is 0.0289. The second kappa shape index (κ2) is 7.77. The molecule has 0 amide bonds. The topological polar surface area (TPSA) is 24.5 Å². The van der Waals surface area contributed by atoms with E-state index in [1.807, 2.05) is 0 Å². The van der Waals surface area contributed by atoms with Crippen LogP contribution < -0.4 is 5.32 Å². The SMILES string of the molecule is CCNC(CC1CCOCC1)C(C)(C)N1CCCCC1. The molecule has 1 N–H and O–H groups in total. The van der Waals surface area contributed by atoms with Crippen molar-refractivity contribution < 1.29 is 4.74 Å². The molecule has 0 aromatic carbocycles. The van der Waals surface area contributed by atoms with Crippen molar-refractivity contribution in [3.05, 3.63) is 0 Å². The number of likely N-dealkylation sites (N-methyl/N-ethyl adjacent to an activating group) is 1. The van der Waals surface area contributed by atoms with Crippen molar-refractivity contribution in [3.8, 4) is 0 Å². The highest BCUT2D eigenvalue weighted by Crippen LogP contribution is 2.30. The molecule has 3 nitrogen and oxygen atoms in total. The third-order valence-corrected chi connectivity index (χ3v) is 5.38. The molecule has 118 valence electrons. The molecule has 3 heteroatoms. The highest BCUT2D eigenvalue weighted by molar-refractivity contribution is 4.95. The number of hydrogen-bond donors (Lipinski definition) is 1. The van der Waals surface area contributed by atoms with Crippen LogP contribution in [0.25, 0.3) is 0 Å². The minimum absolute atomic E-state index is 0.273. The Bertz CT molecular complexity index is 268. The number of likely N-dealkylation sites (tertiary alicyclic amines) is 1. The second-order valence-electron chi connectivity index (χ2n) is 7.10. The van der Waals surface area contributed by atoms with Crippen LogP contribution in [0.2, 0.25) is 0 Å². The number of nitrogens with zero attached hydrogens (tertiary/aromatic N) is 1. The van der Waals surface area contributed by atoms with Crippen LogP contribution in [-0.2, 0) is 4.74 Å². The van der Waals surface area contributed by atoms with E-state index >= 15 is 0 Å². The van der Waals surface area contributed by atoms with Gasteiger partial charge in [0.15, 0.2) is 0 Å². The highest BCUT2D eigenvalue weighted by atomic mass is 16.5. The molecular weight excluding hydrogens is 248 g/mol. The maximum Gasteiger partial charge on any atom is 0.0468 e. The summed E-state index contributed by atoms with van der Waals surface area (Å²) in [6.45, 7) is 12.7. The van der Waals surface area contributed by atoms with Gasteiger partial charge in [0, 0.05) is 24.8 Å². The van der Waals surface area contributed by atoms with Crippen molar-refractivity contribution in [2.75, 3.05) is 32.8 Å². The monoisotopic (exact) mass is 282 g/mol. The number of nitrogens with one attached hydrogen (secondary N) is 1. The number of rotatable bonds is 6. The molecule has 0 bridgehead atoms. The second-order valence-corrected chi connectivity index (χ2v) is 7.10. The molecule has 1 unspecified atom stereocenters. The van der Waals surface area contributed by atoms with Gasteiger partial charge in [-0.25, -0.2) is 0 Å². The van der Waals surface area contributed by atoms with E-state index in [1.54, 1.807) is 0 Å². The summed E-state index contributed by atoms with van der Waals surface area (Å²) in [6.07, 6.45) is 7.97. The summed E-state index contributed by atoms with van der Waals surface area (Å²) in [6, 6.07) is 0.605. The predicted molar refractivity (Wildman–Crippen MR) is 85.1 cm³/mol. The predicted octanol–water partition coefficient (Wildman–Crippen LogP) is 3.05. The van der Waals surface area contributed by atoms with E-state index in [9.17, 15) is 0 Å². The third-order valence-electron chi connectivity index (χ3n) is 5.38. The lowest BCUT2D eigenvalue weighted by Gasteiger charge is -2.47. The molecule has 2 heterocycles. The molecule has 20 heavy (non-hydrogen) atoms. The van der Waals surface area contributed by atoms with Gasteiger partial charge in [0.2, 0.25) is 0 Å². The molecule has 2 aliphatic heterocycles. The van der Waals surface area contributed by atoms with Crippen LogP contribution >= 0.6 is 0 Å². The van der Waals surface area contributed by atoms with Gasteiger partial charge in [-0.05, 0) is 71.5 Å². The maximum absolute atomic E-state index is 5.51. The smallest absolute Gasteiger partial charge is 0.0468 e. The summed E-state index contributed by atoms with van der Waals surface area (Å²) >= 11 is 0. The molecule has 2 saturated heterocycles. The Balaban J connectivity index is 1.96. The first-order valence-corrected chi connectivity index (χ1v) is 8.70. The van der Waals surface area contributed by atoms with Gasteiger partial charge in [0.25, 0.3) is 0 Å². The van der Waals surface area contributed by atoms with Crippen LogP contribution in [0.5, 0.6) is 0 Å². The van der Waals surface area contributed by atoms with Gasteiger partial charge in [-0.1, -0.05) is 13.3 Å². The fourth-order valence-electron chi connectivity index (χ4n) is 3.87. The van der Waals surface area contributed by atoms with Crippen molar-refractivity contribution in [3.63, 3.8) is 0 Å². The van der Waals surface area contributed by atoms with E-state index in [2.05, 4.69) is 31.0 Å². The summed E-state index contributed by atoms with van der Waals surface area (Å²) in [5, 5.41) is 3.78. The zero-order valence-corrected chi connectivity index (χ0v) is 13.8. The van der Waals surface area contributed by atoms with Crippen LogP contribution in [0.3, 0.4) is 0 Å². The average molecular weight is 282 g/mol. The van der Waals surface area contributed by atoms with Crippen LogP contribution in [-0.4, -0.2) is 49.3 Å². The maximum atomic E-state index is 5.51. The largest absolute Gasteiger partial charge is 0.381 e. The van der Waals surface area contributed by atoms with Gasteiger partial charge in [0.1, 0.15) is 0 Å². The summed E-state index contributed by atoms with van der Waals surface area (Å²) in [5.41, 5.74) is 0.273. The van der Waals surface area contributed by atoms with Gasteiger partial charge in [0.05, 0.1) is 0 Å². The lowest BCUT2D eigenvalue weighted by Crippen LogP contribution is -2.59. The quantitative estimate of drug-likeness (QED) is 0.810. The van der Waals surface area contributed by atoms with E-state index in [-0.39, 0.29) is 5.54 Å². The molecule has 0 aromatic heterocycles. The Labute approximate surface area is 125 Å². The zero-order valence-electron chi connectivity index (χ0n) is 13.8. The Morgan fingerprint density at radius 1 is 1.15 bits per heavy atom. The lowest BCUT2D eigenvalue weighted by atomic mass is 9.82. The van der Waals surface area contributed by atoms with E-state index < -0.39 is 0 Å². The fraction of sp³-hybridized carbons (Fsp3) is 1.00. The Hall–Kier alpha value is -0.120. The van der Waals surface area contributed by atoms with Crippen molar-refractivity contribution in [2.45, 2.75) is 70.9 Å². The summed E-state index contributed by atoms with van der Waals surface area (Å²) < 4.78 is 5.51. The molecule has 0 spiro atoms. The average Bonchev–Trinajstić information content (AvgIpc) is 2.49. The molecule has 2 fully saturated rings. The van der Waals surface area contributed by atoms with Crippen molar-refractivity contribution in [1.29, 1.82) is 0 Å². The van der Waals surface area contributed by atoms with Gasteiger partial charge >= 0.3 is 0 Å². The summed E-state index contributed by atoms with van der Waals surface area (Å²) in [7, 11) is 0. The first kappa shape index (κ1) is 16.3. The molecule has 1 atom stereocenters.